The van der Waals surface area contributed by atoms with Gasteiger partial charge in [-0.15, -0.1) is 0 Å². The molecule has 2 rings (SSSR count). The standard InChI is InChI=1S/C24H30Cl2N2O3/c1-5-11-27-24(30)21(6-2)28(14-18-8-9-19(25)20(26)13-18)23(29)15-31-22-10-7-16(3)12-17(22)4/h7-10,12-13,21H,5-6,11,14-15H2,1-4H3,(H,27,30)/t21-/m0/s1. The van der Waals surface area contributed by atoms with E-state index in [-0.39, 0.29) is 25.0 Å². The Labute approximate surface area is 194 Å². The number of nitrogens with one attached hydrogen (secondary N) is 1. The van der Waals surface area contributed by atoms with E-state index < -0.39 is 6.04 Å². The van der Waals surface area contributed by atoms with E-state index in [0.717, 1.165) is 23.1 Å². The molecule has 0 aliphatic carbocycles. The normalized spacial score (nSPS) is 11.7. The molecule has 1 N–H and O–H groups in total. The van der Waals surface area contributed by atoms with Crippen molar-refractivity contribution >= 4 is 35.0 Å². The molecule has 7 heteroatoms. The van der Waals surface area contributed by atoms with Crippen molar-refractivity contribution in [3.05, 3.63) is 63.1 Å². The molecule has 0 saturated heterocycles. The predicted octanol–water partition coefficient (Wildman–Crippen LogP) is 5.32. The summed E-state index contributed by atoms with van der Waals surface area (Å²) in [4.78, 5) is 27.5. The van der Waals surface area contributed by atoms with Gasteiger partial charge in [0.1, 0.15) is 11.8 Å². The number of amides is 2. The van der Waals surface area contributed by atoms with E-state index in [1.807, 2.05) is 45.9 Å². The van der Waals surface area contributed by atoms with Gasteiger partial charge in [-0.25, -0.2) is 0 Å². The zero-order valence-electron chi connectivity index (χ0n) is 18.5. The smallest absolute Gasteiger partial charge is 0.261 e. The molecular weight excluding hydrogens is 435 g/mol. The number of hydrogen-bond acceptors (Lipinski definition) is 3. The third-order valence-electron chi connectivity index (χ3n) is 4.95. The maximum absolute atomic E-state index is 13.2. The minimum absolute atomic E-state index is 0.164. The van der Waals surface area contributed by atoms with Crippen molar-refractivity contribution in [3.8, 4) is 5.75 Å². The van der Waals surface area contributed by atoms with Gasteiger partial charge in [-0.2, -0.15) is 0 Å². The molecule has 0 bridgehead atoms. The summed E-state index contributed by atoms with van der Waals surface area (Å²) in [5.74, 6) is 0.200. The molecule has 2 amide bonds. The van der Waals surface area contributed by atoms with Gasteiger partial charge in [-0.05, 0) is 56.0 Å². The first-order chi connectivity index (χ1) is 14.8. The van der Waals surface area contributed by atoms with Gasteiger partial charge in [0, 0.05) is 13.1 Å². The predicted molar refractivity (Wildman–Crippen MR) is 126 cm³/mol. The Morgan fingerprint density at radius 1 is 1.06 bits per heavy atom. The number of halogens is 2. The van der Waals surface area contributed by atoms with Crippen LogP contribution in [0.4, 0.5) is 0 Å². The number of benzene rings is 2. The first-order valence-corrected chi connectivity index (χ1v) is 11.2. The van der Waals surface area contributed by atoms with E-state index in [1.165, 1.54) is 0 Å². The molecule has 0 aliphatic rings. The van der Waals surface area contributed by atoms with Gasteiger partial charge in [-0.1, -0.05) is 60.8 Å². The third-order valence-corrected chi connectivity index (χ3v) is 5.69. The van der Waals surface area contributed by atoms with Crippen LogP contribution < -0.4 is 10.1 Å². The lowest BCUT2D eigenvalue weighted by atomic mass is 10.1. The Balaban J connectivity index is 2.24. The second-order valence-corrected chi connectivity index (χ2v) is 8.36. The molecule has 0 fully saturated rings. The summed E-state index contributed by atoms with van der Waals surface area (Å²) in [5, 5.41) is 3.74. The Morgan fingerprint density at radius 2 is 1.81 bits per heavy atom. The molecule has 5 nitrogen and oxygen atoms in total. The maximum atomic E-state index is 13.2. The SMILES string of the molecule is CCCNC(=O)[C@H](CC)N(Cc1ccc(Cl)c(Cl)c1)C(=O)COc1ccc(C)cc1C. The minimum Gasteiger partial charge on any atom is -0.483 e. The van der Waals surface area contributed by atoms with Gasteiger partial charge in [0.2, 0.25) is 5.91 Å². The molecule has 0 heterocycles. The van der Waals surface area contributed by atoms with Gasteiger partial charge < -0.3 is 15.0 Å². The molecule has 0 aromatic heterocycles. The van der Waals surface area contributed by atoms with Gasteiger partial charge in [-0.3, -0.25) is 9.59 Å². The maximum Gasteiger partial charge on any atom is 0.261 e. The van der Waals surface area contributed by atoms with Crippen LogP contribution in [0.1, 0.15) is 43.4 Å². The summed E-state index contributed by atoms with van der Waals surface area (Å²) in [6, 6.07) is 10.4. The number of hydrogen-bond donors (Lipinski definition) is 1. The molecule has 0 saturated carbocycles. The summed E-state index contributed by atoms with van der Waals surface area (Å²) < 4.78 is 5.80. The topological polar surface area (TPSA) is 58.6 Å². The highest BCUT2D eigenvalue weighted by molar-refractivity contribution is 6.42. The van der Waals surface area contributed by atoms with Crippen LogP contribution in [0.25, 0.3) is 0 Å². The Morgan fingerprint density at radius 3 is 2.42 bits per heavy atom. The fourth-order valence-corrected chi connectivity index (χ4v) is 3.62. The van der Waals surface area contributed by atoms with Gasteiger partial charge in [0.15, 0.2) is 6.61 Å². The molecule has 0 unspecified atom stereocenters. The lowest BCUT2D eigenvalue weighted by Gasteiger charge is -2.30. The van der Waals surface area contributed by atoms with Crippen molar-refractivity contribution in [2.45, 2.75) is 53.1 Å². The molecule has 0 radical (unpaired) electrons. The highest BCUT2D eigenvalue weighted by Gasteiger charge is 2.29. The number of aryl methyl sites for hydroxylation is 2. The molecule has 2 aromatic carbocycles. The van der Waals surface area contributed by atoms with Crippen molar-refractivity contribution in [3.63, 3.8) is 0 Å². The van der Waals surface area contributed by atoms with Crippen molar-refractivity contribution < 1.29 is 14.3 Å². The number of nitrogens with zero attached hydrogens (tertiary/aromatic N) is 1. The molecule has 168 valence electrons. The summed E-state index contributed by atoms with van der Waals surface area (Å²) in [7, 11) is 0. The van der Waals surface area contributed by atoms with Crippen LogP contribution >= 0.6 is 23.2 Å². The zero-order valence-corrected chi connectivity index (χ0v) is 20.0. The molecular formula is C24H30Cl2N2O3. The van der Waals surface area contributed by atoms with Crippen LogP contribution in [-0.4, -0.2) is 35.9 Å². The lowest BCUT2D eigenvalue weighted by molar-refractivity contribution is -0.143. The first kappa shape index (κ1) is 25.0. The first-order valence-electron chi connectivity index (χ1n) is 10.5. The lowest BCUT2D eigenvalue weighted by Crippen LogP contribution is -2.50. The van der Waals surface area contributed by atoms with Gasteiger partial charge >= 0.3 is 0 Å². The zero-order chi connectivity index (χ0) is 23.0. The average Bonchev–Trinajstić information content (AvgIpc) is 2.73. The highest BCUT2D eigenvalue weighted by atomic mass is 35.5. The van der Waals surface area contributed by atoms with Crippen molar-refractivity contribution in [1.82, 2.24) is 10.2 Å². The average molecular weight is 465 g/mol. The van der Waals surface area contributed by atoms with Gasteiger partial charge in [0.05, 0.1) is 10.0 Å². The van der Waals surface area contributed by atoms with E-state index in [0.29, 0.717) is 28.8 Å². The second kappa shape index (κ2) is 12.0. The molecule has 2 aromatic rings. The largest absolute Gasteiger partial charge is 0.483 e. The van der Waals surface area contributed by atoms with Crippen LogP contribution in [-0.2, 0) is 16.1 Å². The summed E-state index contributed by atoms with van der Waals surface area (Å²) in [5.41, 5.74) is 2.86. The number of carbonyl (C=O) groups excluding carboxylic acids is 2. The molecule has 0 aliphatic heterocycles. The molecule has 31 heavy (non-hydrogen) atoms. The van der Waals surface area contributed by atoms with Crippen molar-refractivity contribution in [2.24, 2.45) is 0 Å². The van der Waals surface area contributed by atoms with E-state index in [9.17, 15) is 9.59 Å². The van der Waals surface area contributed by atoms with Crippen LogP contribution in [0.15, 0.2) is 36.4 Å². The summed E-state index contributed by atoms with van der Waals surface area (Å²) >= 11 is 12.2. The van der Waals surface area contributed by atoms with Crippen LogP contribution in [0.3, 0.4) is 0 Å². The fraction of sp³-hybridized carbons (Fsp3) is 0.417. The summed E-state index contributed by atoms with van der Waals surface area (Å²) in [6.07, 6.45) is 1.30. The monoisotopic (exact) mass is 464 g/mol. The van der Waals surface area contributed by atoms with E-state index >= 15 is 0 Å². The van der Waals surface area contributed by atoms with Crippen LogP contribution in [0.2, 0.25) is 10.0 Å². The highest BCUT2D eigenvalue weighted by Crippen LogP contribution is 2.24. The Hall–Kier alpha value is -2.24. The second-order valence-electron chi connectivity index (χ2n) is 7.54. The van der Waals surface area contributed by atoms with Crippen molar-refractivity contribution in [2.75, 3.05) is 13.2 Å². The number of ether oxygens (including phenoxy) is 1. The van der Waals surface area contributed by atoms with Crippen molar-refractivity contribution in [1.29, 1.82) is 0 Å². The van der Waals surface area contributed by atoms with E-state index in [1.54, 1.807) is 23.1 Å². The van der Waals surface area contributed by atoms with Gasteiger partial charge in [0.25, 0.3) is 5.91 Å². The van der Waals surface area contributed by atoms with E-state index in [4.69, 9.17) is 27.9 Å². The van der Waals surface area contributed by atoms with Crippen LogP contribution in [0.5, 0.6) is 5.75 Å². The quantitative estimate of drug-likeness (QED) is 0.517. The number of rotatable bonds is 10. The minimum atomic E-state index is -0.615. The Kier molecular flexibility index (Phi) is 9.66. The van der Waals surface area contributed by atoms with Crippen LogP contribution in [0, 0.1) is 13.8 Å². The fourth-order valence-electron chi connectivity index (χ4n) is 3.30. The summed E-state index contributed by atoms with van der Waals surface area (Å²) in [6.45, 7) is 8.43. The number of carbonyl (C=O) groups is 2. The third kappa shape index (κ3) is 7.15. The van der Waals surface area contributed by atoms with E-state index in [2.05, 4.69) is 5.32 Å². The molecule has 1 atom stereocenters. The Bertz CT molecular complexity index is 918. The molecule has 0 spiro atoms.